The summed E-state index contributed by atoms with van der Waals surface area (Å²) >= 11 is 0. The summed E-state index contributed by atoms with van der Waals surface area (Å²) in [6, 6.07) is 16.2. The number of aliphatic hydroxyl groups is 1. The maximum absolute atomic E-state index is 10.9. The average Bonchev–Trinajstić information content (AvgIpc) is 3.07. The Balaban J connectivity index is 1.50. The standard InChI is InChI=1S/C24H30N4O2/c1-24(29,18-26(2)3)21-9-10-23-20(13-21)17-27(11-12-30-23)15-19-14-25-28(16-19)22-7-5-4-6-8-22/h4-10,13-14,16,29H,11-12,15,17-18H2,1-3H3. The average molecular weight is 407 g/mol. The van der Waals surface area contributed by atoms with E-state index < -0.39 is 5.60 Å². The summed E-state index contributed by atoms with van der Waals surface area (Å²) in [7, 11) is 3.94. The van der Waals surface area contributed by atoms with Gasteiger partial charge in [0, 0.05) is 43.5 Å². The lowest BCUT2D eigenvalue weighted by molar-refractivity contribution is 0.0299. The first kappa shape index (κ1) is 20.6. The lowest BCUT2D eigenvalue weighted by atomic mass is 9.93. The molecule has 1 atom stereocenters. The number of aromatic nitrogens is 2. The largest absolute Gasteiger partial charge is 0.492 e. The van der Waals surface area contributed by atoms with E-state index in [0.717, 1.165) is 47.8 Å². The second-order valence-electron chi connectivity index (χ2n) is 8.52. The Bertz CT molecular complexity index is 982. The van der Waals surface area contributed by atoms with Crippen LogP contribution < -0.4 is 4.74 Å². The summed E-state index contributed by atoms with van der Waals surface area (Å²) in [5, 5.41) is 15.4. The van der Waals surface area contributed by atoms with Gasteiger partial charge >= 0.3 is 0 Å². The number of hydrogen-bond donors (Lipinski definition) is 1. The zero-order valence-electron chi connectivity index (χ0n) is 18.0. The number of ether oxygens (including phenoxy) is 1. The molecular weight excluding hydrogens is 376 g/mol. The molecule has 0 saturated carbocycles. The number of nitrogens with zero attached hydrogens (tertiary/aromatic N) is 4. The molecule has 2 heterocycles. The Hall–Kier alpha value is -2.67. The topological polar surface area (TPSA) is 53.8 Å². The van der Waals surface area contributed by atoms with Gasteiger partial charge in [-0.25, -0.2) is 4.68 Å². The number of benzene rings is 2. The van der Waals surface area contributed by atoms with Crippen molar-refractivity contribution < 1.29 is 9.84 Å². The van der Waals surface area contributed by atoms with Gasteiger partial charge in [-0.2, -0.15) is 5.10 Å². The van der Waals surface area contributed by atoms with E-state index in [1.165, 1.54) is 0 Å². The van der Waals surface area contributed by atoms with Crippen LogP contribution in [-0.4, -0.2) is 58.5 Å². The third-order valence-corrected chi connectivity index (χ3v) is 5.43. The van der Waals surface area contributed by atoms with Crippen LogP contribution in [0, 0.1) is 0 Å². The third-order valence-electron chi connectivity index (χ3n) is 5.43. The smallest absolute Gasteiger partial charge is 0.123 e. The van der Waals surface area contributed by atoms with Crippen LogP contribution in [0.5, 0.6) is 5.75 Å². The monoisotopic (exact) mass is 406 g/mol. The fourth-order valence-corrected chi connectivity index (χ4v) is 4.05. The molecule has 0 radical (unpaired) electrons. The minimum atomic E-state index is -0.910. The Morgan fingerprint density at radius 1 is 1.17 bits per heavy atom. The fraction of sp³-hybridized carbons (Fsp3) is 0.375. The molecule has 1 aliphatic heterocycles. The van der Waals surface area contributed by atoms with Gasteiger partial charge in [0.15, 0.2) is 0 Å². The van der Waals surface area contributed by atoms with Crippen LogP contribution in [-0.2, 0) is 18.7 Å². The van der Waals surface area contributed by atoms with E-state index in [1.807, 2.05) is 79.3 Å². The Labute approximate surface area is 178 Å². The number of fused-ring (bicyclic) bond motifs is 1. The highest BCUT2D eigenvalue weighted by molar-refractivity contribution is 5.40. The fourth-order valence-electron chi connectivity index (χ4n) is 4.05. The molecule has 0 aliphatic carbocycles. The summed E-state index contributed by atoms with van der Waals surface area (Å²) in [4.78, 5) is 4.36. The molecule has 30 heavy (non-hydrogen) atoms. The summed E-state index contributed by atoms with van der Waals surface area (Å²) in [6.45, 7) is 5.49. The minimum Gasteiger partial charge on any atom is -0.492 e. The maximum atomic E-state index is 10.9. The molecule has 6 heteroatoms. The lowest BCUT2D eigenvalue weighted by Gasteiger charge is -2.28. The predicted octanol–water partition coefficient (Wildman–Crippen LogP) is 3.04. The van der Waals surface area contributed by atoms with Crippen molar-refractivity contribution in [3.8, 4) is 11.4 Å². The van der Waals surface area contributed by atoms with E-state index in [-0.39, 0.29) is 0 Å². The first-order valence-electron chi connectivity index (χ1n) is 10.4. The third kappa shape index (κ3) is 4.73. The normalized spacial score (nSPS) is 16.6. The van der Waals surface area contributed by atoms with Crippen molar-refractivity contribution in [1.82, 2.24) is 19.6 Å². The first-order valence-corrected chi connectivity index (χ1v) is 10.4. The van der Waals surface area contributed by atoms with Gasteiger partial charge in [0.2, 0.25) is 0 Å². The van der Waals surface area contributed by atoms with Gasteiger partial charge in [0.1, 0.15) is 12.4 Å². The van der Waals surface area contributed by atoms with E-state index in [4.69, 9.17) is 4.74 Å². The zero-order valence-corrected chi connectivity index (χ0v) is 18.0. The molecule has 0 spiro atoms. The lowest BCUT2D eigenvalue weighted by Crippen LogP contribution is -2.34. The summed E-state index contributed by atoms with van der Waals surface area (Å²) in [5.74, 6) is 0.905. The summed E-state index contributed by atoms with van der Waals surface area (Å²) < 4.78 is 7.90. The number of para-hydroxylation sites is 1. The Kier molecular flexibility index (Phi) is 5.90. The van der Waals surface area contributed by atoms with E-state index >= 15 is 0 Å². The van der Waals surface area contributed by atoms with Crippen LogP contribution in [0.2, 0.25) is 0 Å². The van der Waals surface area contributed by atoms with Gasteiger partial charge < -0.3 is 14.7 Å². The van der Waals surface area contributed by atoms with Gasteiger partial charge in [0.25, 0.3) is 0 Å². The second-order valence-corrected chi connectivity index (χ2v) is 8.52. The van der Waals surface area contributed by atoms with E-state index in [1.54, 1.807) is 0 Å². The van der Waals surface area contributed by atoms with Crippen LogP contribution in [0.15, 0.2) is 60.9 Å². The molecule has 1 aliphatic rings. The molecule has 4 rings (SSSR count). The van der Waals surface area contributed by atoms with Crippen LogP contribution >= 0.6 is 0 Å². The van der Waals surface area contributed by atoms with Crippen molar-refractivity contribution in [2.24, 2.45) is 0 Å². The van der Waals surface area contributed by atoms with Crippen LogP contribution in [0.1, 0.15) is 23.6 Å². The molecule has 3 aromatic rings. The van der Waals surface area contributed by atoms with Crippen molar-refractivity contribution >= 4 is 0 Å². The Morgan fingerprint density at radius 2 is 1.97 bits per heavy atom. The van der Waals surface area contributed by atoms with Gasteiger partial charge in [-0.1, -0.05) is 24.3 Å². The van der Waals surface area contributed by atoms with Crippen molar-refractivity contribution in [3.63, 3.8) is 0 Å². The summed E-state index contributed by atoms with van der Waals surface area (Å²) in [5.41, 5.74) is 3.34. The van der Waals surface area contributed by atoms with E-state index in [9.17, 15) is 5.11 Å². The molecule has 6 nitrogen and oxygen atoms in total. The van der Waals surface area contributed by atoms with E-state index in [0.29, 0.717) is 13.2 Å². The number of likely N-dealkylation sites (N-methyl/N-ethyl adjacent to an activating group) is 1. The first-order chi connectivity index (χ1) is 14.4. The van der Waals surface area contributed by atoms with Crippen LogP contribution in [0.4, 0.5) is 0 Å². The summed E-state index contributed by atoms with van der Waals surface area (Å²) in [6.07, 6.45) is 4.01. The maximum Gasteiger partial charge on any atom is 0.123 e. The highest BCUT2D eigenvalue weighted by Crippen LogP contribution is 2.30. The molecule has 1 unspecified atom stereocenters. The zero-order chi connectivity index (χ0) is 21.1. The van der Waals surface area contributed by atoms with Crippen LogP contribution in [0.25, 0.3) is 5.69 Å². The quantitative estimate of drug-likeness (QED) is 0.682. The molecule has 0 fully saturated rings. The molecular formula is C24H30N4O2. The molecule has 1 N–H and O–H groups in total. The predicted molar refractivity (Wildman–Crippen MR) is 118 cm³/mol. The van der Waals surface area contributed by atoms with Crippen molar-refractivity contribution in [2.45, 2.75) is 25.6 Å². The van der Waals surface area contributed by atoms with Gasteiger partial charge in [-0.15, -0.1) is 0 Å². The number of rotatable bonds is 6. The minimum absolute atomic E-state index is 0.565. The van der Waals surface area contributed by atoms with Gasteiger partial charge in [-0.3, -0.25) is 4.90 Å². The molecule has 0 amide bonds. The second kappa shape index (κ2) is 8.60. The molecule has 1 aromatic heterocycles. The van der Waals surface area contributed by atoms with E-state index in [2.05, 4.69) is 22.3 Å². The SMILES string of the molecule is CN(C)CC(C)(O)c1ccc2c(c1)CN(Cc1cnn(-c3ccccc3)c1)CCO2. The molecule has 2 aromatic carbocycles. The van der Waals surface area contributed by atoms with Crippen molar-refractivity contribution in [3.05, 3.63) is 77.6 Å². The Morgan fingerprint density at radius 3 is 2.73 bits per heavy atom. The highest BCUT2D eigenvalue weighted by atomic mass is 16.5. The van der Waals surface area contributed by atoms with Crippen LogP contribution in [0.3, 0.4) is 0 Å². The molecule has 158 valence electrons. The van der Waals surface area contributed by atoms with Gasteiger partial charge in [-0.05, 0) is 50.8 Å². The van der Waals surface area contributed by atoms with Crippen molar-refractivity contribution in [2.75, 3.05) is 33.8 Å². The van der Waals surface area contributed by atoms with Gasteiger partial charge in [0.05, 0.1) is 17.5 Å². The highest BCUT2D eigenvalue weighted by Gasteiger charge is 2.26. The molecule has 0 bridgehead atoms. The number of hydrogen-bond acceptors (Lipinski definition) is 5. The van der Waals surface area contributed by atoms with Crippen molar-refractivity contribution in [1.29, 1.82) is 0 Å². The molecule has 0 saturated heterocycles.